The number of hydrogen-bond donors (Lipinski definition) is 2. The lowest BCUT2D eigenvalue weighted by molar-refractivity contribution is -0.133. The molecular weight excluding hydrogens is 424 g/mol. The number of halogens is 2. The maximum atomic E-state index is 12.8. The minimum Gasteiger partial charge on any atom is -0.322 e. The molecular formula is C17H14BrClN4O3. The van der Waals surface area contributed by atoms with Crippen molar-refractivity contribution in [1.29, 1.82) is 0 Å². The van der Waals surface area contributed by atoms with Crippen LogP contribution in [-0.2, 0) is 15.1 Å². The lowest BCUT2D eigenvalue weighted by atomic mass is 9.92. The molecule has 1 aromatic heterocycles. The van der Waals surface area contributed by atoms with Crippen LogP contribution in [0, 0.1) is 0 Å². The second-order valence-corrected chi connectivity index (χ2v) is 7.03. The molecule has 1 aliphatic rings. The zero-order chi connectivity index (χ0) is 18.9. The normalized spacial score (nSPS) is 19.4. The number of nitrogens with one attached hydrogen (secondary N) is 2. The third-order valence-electron chi connectivity index (χ3n) is 4.02. The summed E-state index contributed by atoms with van der Waals surface area (Å²) >= 11 is 9.28. The van der Waals surface area contributed by atoms with Crippen LogP contribution in [-0.4, -0.2) is 34.3 Å². The zero-order valence-corrected chi connectivity index (χ0v) is 16.0. The molecule has 1 unspecified atom stereocenters. The number of urea groups is 1. The second kappa shape index (κ2) is 7.05. The van der Waals surface area contributed by atoms with Crippen LogP contribution in [0.5, 0.6) is 0 Å². The van der Waals surface area contributed by atoms with Crippen molar-refractivity contribution in [2.24, 2.45) is 0 Å². The molecule has 134 valence electrons. The fraction of sp³-hybridized carbons (Fsp3) is 0.176. The third kappa shape index (κ3) is 3.30. The number of nitrogens with zero attached hydrogens (tertiary/aromatic N) is 2. The minimum atomic E-state index is -1.26. The third-order valence-corrected chi connectivity index (χ3v) is 5.02. The number of hydrogen-bond acceptors (Lipinski definition) is 4. The van der Waals surface area contributed by atoms with Gasteiger partial charge in [-0.05, 0) is 25.1 Å². The molecule has 4 amide bonds. The van der Waals surface area contributed by atoms with E-state index in [0.717, 1.165) is 4.90 Å². The molecule has 7 nitrogen and oxygen atoms in total. The first-order valence-electron chi connectivity index (χ1n) is 7.62. The molecule has 0 aliphatic carbocycles. The number of carbonyl (C=O) groups is 3. The molecule has 1 atom stereocenters. The Kier molecular flexibility index (Phi) is 4.97. The average molecular weight is 438 g/mol. The van der Waals surface area contributed by atoms with Crippen LogP contribution in [0.15, 0.2) is 47.1 Å². The molecule has 1 saturated heterocycles. The first-order chi connectivity index (χ1) is 12.3. The number of rotatable bonds is 4. The molecule has 2 N–H and O–H groups in total. The molecule has 1 aromatic carbocycles. The van der Waals surface area contributed by atoms with Gasteiger partial charge >= 0.3 is 6.03 Å². The van der Waals surface area contributed by atoms with E-state index in [0.29, 0.717) is 15.7 Å². The summed E-state index contributed by atoms with van der Waals surface area (Å²) in [5.41, 5.74) is -0.347. The quantitative estimate of drug-likeness (QED) is 0.568. The maximum absolute atomic E-state index is 12.8. The fourth-order valence-corrected chi connectivity index (χ4v) is 3.55. The lowest BCUT2D eigenvalue weighted by Crippen LogP contribution is -2.42. The highest BCUT2D eigenvalue weighted by molar-refractivity contribution is 9.10. The van der Waals surface area contributed by atoms with Gasteiger partial charge in [-0.1, -0.05) is 45.7 Å². The van der Waals surface area contributed by atoms with Gasteiger partial charge in [0.1, 0.15) is 12.1 Å². The number of anilines is 1. The molecule has 0 saturated carbocycles. The van der Waals surface area contributed by atoms with E-state index in [4.69, 9.17) is 11.6 Å². The number of pyridine rings is 1. The van der Waals surface area contributed by atoms with Crippen LogP contribution in [0.3, 0.4) is 0 Å². The maximum Gasteiger partial charge on any atom is 0.325 e. The Balaban J connectivity index is 1.78. The van der Waals surface area contributed by atoms with Gasteiger partial charge in [0.2, 0.25) is 5.91 Å². The Bertz CT molecular complexity index is 907. The lowest BCUT2D eigenvalue weighted by Gasteiger charge is -2.23. The van der Waals surface area contributed by atoms with Gasteiger partial charge in [-0.25, -0.2) is 9.78 Å². The SMILES string of the molecule is CC1(c2ccccc2Br)NC(=O)N(CC(=O)Nc2cccnc2Cl)C1=O. The Hall–Kier alpha value is -2.45. The topological polar surface area (TPSA) is 91.4 Å². The van der Waals surface area contributed by atoms with Crippen LogP contribution in [0.25, 0.3) is 0 Å². The van der Waals surface area contributed by atoms with Crippen LogP contribution in [0.1, 0.15) is 12.5 Å². The Labute approximate surface area is 162 Å². The van der Waals surface area contributed by atoms with Gasteiger partial charge in [0.25, 0.3) is 5.91 Å². The van der Waals surface area contributed by atoms with E-state index < -0.39 is 29.9 Å². The summed E-state index contributed by atoms with van der Waals surface area (Å²) in [4.78, 5) is 42.1. The number of aromatic nitrogens is 1. The summed E-state index contributed by atoms with van der Waals surface area (Å²) in [6, 6.07) is 9.64. The molecule has 26 heavy (non-hydrogen) atoms. The Morgan fingerprint density at radius 1 is 1.31 bits per heavy atom. The summed E-state index contributed by atoms with van der Waals surface area (Å²) in [6.45, 7) is 1.17. The Morgan fingerprint density at radius 2 is 2.04 bits per heavy atom. The van der Waals surface area contributed by atoms with Gasteiger partial charge in [-0.2, -0.15) is 0 Å². The van der Waals surface area contributed by atoms with Crippen molar-refractivity contribution < 1.29 is 14.4 Å². The van der Waals surface area contributed by atoms with Gasteiger partial charge in [0.15, 0.2) is 5.15 Å². The van der Waals surface area contributed by atoms with E-state index in [1.54, 1.807) is 43.3 Å². The van der Waals surface area contributed by atoms with Crippen molar-refractivity contribution in [3.63, 3.8) is 0 Å². The molecule has 0 spiro atoms. The Morgan fingerprint density at radius 3 is 2.73 bits per heavy atom. The number of carbonyl (C=O) groups excluding carboxylic acids is 3. The predicted molar refractivity (Wildman–Crippen MR) is 99.6 cm³/mol. The number of amides is 4. The largest absolute Gasteiger partial charge is 0.325 e. The molecule has 2 heterocycles. The smallest absolute Gasteiger partial charge is 0.322 e. The first-order valence-corrected chi connectivity index (χ1v) is 8.79. The van der Waals surface area contributed by atoms with Crippen molar-refractivity contribution in [3.05, 3.63) is 57.8 Å². The van der Waals surface area contributed by atoms with Crippen LogP contribution in [0.4, 0.5) is 10.5 Å². The predicted octanol–water partition coefficient (Wildman–Crippen LogP) is 2.90. The first kappa shape index (κ1) is 18.3. The van der Waals surface area contributed by atoms with E-state index >= 15 is 0 Å². The fourth-order valence-electron chi connectivity index (χ4n) is 2.70. The van der Waals surface area contributed by atoms with Gasteiger partial charge < -0.3 is 10.6 Å². The van der Waals surface area contributed by atoms with E-state index in [1.807, 2.05) is 0 Å². The standard InChI is InChI=1S/C17H14BrClN4O3/c1-17(10-5-2-3-6-11(10)18)15(25)23(16(26)22-17)9-13(24)21-12-7-4-8-20-14(12)19/h2-8H,9H2,1H3,(H,21,24)(H,22,26). The van der Waals surface area contributed by atoms with Crippen molar-refractivity contribution in [2.75, 3.05) is 11.9 Å². The summed E-state index contributed by atoms with van der Waals surface area (Å²) in [5.74, 6) is -1.07. The zero-order valence-electron chi connectivity index (χ0n) is 13.6. The highest BCUT2D eigenvalue weighted by Gasteiger charge is 2.50. The van der Waals surface area contributed by atoms with E-state index in [2.05, 4.69) is 31.5 Å². The summed E-state index contributed by atoms with van der Waals surface area (Å²) in [7, 11) is 0. The minimum absolute atomic E-state index is 0.121. The van der Waals surface area contributed by atoms with E-state index in [-0.39, 0.29) is 5.15 Å². The van der Waals surface area contributed by atoms with Crippen molar-refractivity contribution in [2.45, 2.75) is 12.5 Å². The van der Waals surface area contributed by atoms with Gasteiger partial charge in [-0.3, -0.25) is 14.5 Å². The van der Waals surface area contributed by atoms with E-state index in [1.165, 1.54) is 6.20 Å². The van der Waals surface area contributed by atoms with Crippen LogP contribution < -0.4 is 10.6 Å². The number of benzene rings is 1. The highest BCUT2D eigenvalue weighted by Crippen LogP contribution is 2.33. The molecule has 9 heteroatoms. The average Bonchev–Trinajstić information content (AvgIpc) is 2.81. The van der Waals surface area contributed by atoms with Crippen molar-refractivity contribution >= 4 is 51.1 Å². The summed E-state index contributed by atoms with van der Waals surface area (Å²) < 4.78 is 0.685. The van der Waals surface area contributed by atoms with Gasteiger partial charge in [0.05, 0.1) is 5.69 Å². The molecule has 3 rings (SSSR count). The number of imide groups is 1. The molecule has 0 radical (unpaired) electrons. The molecule has 1 fully saturated rings. The van der Waals surface area contributed by atoms with Crippen molar-refractivity contribution in [3.8, 4) is 0 Å². The van der Waals surface area contributed by atoms with Gasteiger partial charge in [-0.15, -0.1) is 0 Å². The van der Waals surface area contributed by atoms with Gasteiger partial charge in [0, 0.05) is 16.2 Å². The van der Waals surface area contributed by atoms with Crippen molar-refractivity contribution in [1.82, 2.24) is 15.2 Å². The monoisotopic (exact) mass is 436 g/mol. The van der Waals surface area contributed by atoms with Crippen LogP contribution in [0.2, 0.25) is 5.15 Å². The molecule has 1 aliphatic heterocycles. The second-order valence-electron chi connectivity index (χ2n) is 5.82. The molecule has 2 aromatic rings. The summed E-state index contributed by atoms with van der Waals surface area (Å²) in [6.07, 6.45) is 1.48. The van der Waals surface area contributed by atoms with Crippen LogP contribution >= 0.6 is 27.5 Å². The highest BCUT2D eigenvalue weighted by atomic mass is 79.9. The summed E-state index contributed by atoms with van der Waals surface area (Å²) in [5, 5.41) is 5.32. The van der Waals surface area contributed by atoms with E-state index in [9.17, 15) is 14.4 Å². The molecule has 0 bridgehead atoms.